The van der Waals surface area contributed by atoms with Crippen LogP contribution in [0.15, 0.2) is 70.5 Å². The summed E-state index contributed by atoms with van der Waals surface area (Å²) in [6, 6.07) is 14.8. The lowest BCUT2D eigenvalue weighted by Crippen LogP contribution is -2.35. The van der Waals surface area contributed by atoms with Crippen LogP contribution in [0.4, 0.5) is 15.8 Å². The molecule has 6 nitrogen and oxygen atoms in total. The van der Waals surface area contributed by atoms with E-state index in [1.54, 1.807) is 31.2 Å². The number of sulfonamides is 2. The number of fused-ring (bicyclic) bond motifs is 1. The van der Waals surface area contributed by atoms with E-state index in [0.717, 1.165) is 23.3 Å². The van der Waals surface area contributed by atoms with E-state index in [1.165, 1.54) is 22.5 Å². The Hall–Kier alpha value is -2.91. The van der Waals surface area contributed by atoms with E-state index >= 15 is 0 Å². The van der Waals surface area contributed by atoms with Crippen LogP contribution in [0.2, 0.25) is 0 Å². The molecule has 0 radical (unpaired) electrons. The summed E-state index contributed by atoms with van der Waals surface area (Å²) in [7, 11) is -7.79. The molecule has 1 heterocycles. The third-order valence-corrected chi connectivity index (χ3v) is 8.80. The molecule has 9 heteroatoms. The van der Waals surface area contributed by atoms with E-state index in [-0.39, 0.29) is 22.0 Å². The topological polar surface area (TPSA) is 83.6 Å². The number of rotatable bonds is 5. The van der Waals surface area contributed by atoms with Crippen molar-refractivity contribution >= 4 is 31.4 Å². The fourth-order valence-corrected chi connectivity index (χ4v) is 6.71. The van der Waals surface area contributed by atoms with Crippen LogP contribution in [-0.2, 0) is 26.5 Å². The molecule has 3 aromatic carbocycles. The molecule has 0 amide bonds. The van der Waals surface area contributed by atoms with Gasteiger partial charge in [-0.05, 0) is 85.8 Å². The van der Waals surface area contributed by atoms with Crippen LogP contribution in [0.25, 0.3) is 0 Å². The Morgan fingerprint density at radius 1 is 0.906 bits per heavy atom. The number of nitrogens with one attached hydrogen (secondary N) is 1. The molecule has 0 aliphatic carbocycles. The van der Waals surface area contributed by atoms with Crippen LogP contribution in [0.1, 0.15) is 23.1 Å². The van der Waals surface area contributed by atoms with Gasteiger partial charge in [0, 0.05) is 6.54 Å². The van der Waals surface area contributed by atoms with Crippen molar-refractivity contribution in [1.82, 2.24) is 0 Å². The van der Waals surface area contributed by atoms with E-state index in [4.69, 9.17) is 0 Å². The molecule has 32 heavy (non-hydrogen) atoms. The van der Waals surface area contributed by atoms with Gasteiger partial charge < -0.3 is 0 Å². The van der Waals surface area contributed by atoms with Gasteiger partial charge in [0.05, 0.1) is 21.2 Å². The summed E-state index contributed by atoms with van der Waals surface area (Å²) in [4.78, 5) is 0.152. The summed E-state index contributed by atoms with van der Waals surface area (Å²) >= 11 is 0. The predicted octanol–water partition coefficient (Wildman–Crippen LogP) is 4.38. The van der Waals surface area contributed by atoms with Gasteiger partial charge in [0.15, 0.2) is 0 Å². The summed E-state index contributed by atoms with van der Waals surface area (Å²) < 4.78 is 69.6. The number of anilines is 2. The average Bonchev–Trinajstić information content (AvgIpc) is 2.75. The first-order chi connectivity index (χ1) is 15.1. The molecule has 1 aliphatic heterocycles. The van der Waals surface area contributed by atoms with Crippen molar-refractivity contribution in [2.75, 3.05) is 15.6 Å². The Morgan fingerprint density at radius 2 is 1.62 bits per heavy atom. The number of hydrogen-bond acceptors (Lipinski definition) is 4. The van der Waals surface area contributed by atoms with Crippen molar-refractivity contribution in [3.63, 3.8) is 0 Å². The number of nitrogens with zero attached hydrogens (tertiary/aromatic N) is 1. The largest absolute Gasteiger partial charge is 0.280 e. The van der Waals surface area contributed by atoms with Crippen molar-refractivity contribution in [3.8, 4) is 0 Å². The van der Waals surface area contributed by atoms with Crippen molar-refractivity contribution in [2.24, 2.45) is 0 Å². The monoisotopic (exact) mass is 474 g/mol. The van der Waals surface area contributed by atoms with Gasteiger partial charge in [-0.1, -0.05) is 18.2 Å². The summed E-state index contributed by atoms with van der Waals surface area (Å²) in [6.07, 6.45) is 1.30. The zero-order valence-electron chi connectivity index (χ0n) is 17.7. The van der Waals surface area contributed by atoms with Gasteiger partial charge in [-0.15, -0.1) is 0 Å². The SMILES string of the molecule is Cc1ccc(C)c(S(=O)(=O)Nc2ccc3c(c2)N(S(=O)(=O)c2ccc(F)cc2)CCC3)c1. The van der Waals surface area contributed by atoms with Gasteiger partial charge in [0.1, 0.15) is 5.82 Å². The molecule has 1 aliphatic rings. The lowest BCUT2D eigenvalue weighted by atomic mass is 10.0. The highest BCUT2D eigenvalue weighted by Gasteiger charge is 2.30. The van der Waals surface area contributed by atoms with Crippen LogP contribution in [0.5, 0.6) is 0 Å². The molecule has 0 unspecified atom stereocenters. The molecule has 0 atom stereocenters. The second kappa shape index (κ2) is 8.22. The molecule has 3 aromatic rings. The smallest absolute Gasteiger partial charge is 0.264 e. The normalized spacial score (nSPS) is 14.2. The maximum Gasteiger partial charge on any atom is 0.264 e. The fourth-order valence-electron chi connectivity index (χ4n) is 3.79. The summed E-state index contributed by atoms with van der Waals surface area (Å²) in [5, 5.41) is 0. The van der Waals surface area contributed by atoms with E-state index in [1.807, 2.05) is 13.0 Å². The first-order valence-corrected chi connectivity index (χ1v) is 13.0. The van der Waals surface area contributed by atoms with Crippen LogP contribution < -0.4 is 9.03 Å². The van der Waals surface area contributed by atoms with Gasteiger partial charge in [-0.25, -0.2) is 21.2 Å². The minimum atomic E-state index is -3.93. The van der Waals surface area contributed by atoms with Gasteiger partial charge in [-0.3, -0.25) is 9.03 Å². The van der Waals surface area contributed by atoms with Gasteiger partial charge in [-0.2, -0.15) is 0 Å². The van der Waals surface area contributed by atoms with Gasteiger partial charge in [0.25, 0.3) is 20.0 Å². The van der Waals surface area contributed by atoms with Crippen molar-refractivity contribution < 1.29 is 21.2 Å². The Labute approximate surface area is 187 Å². The van der Waals surface area contributed by atoms with Crippen molar-refractivity contribution in [1.29, 1.82) is 0 Å². The minimum Gasteiger partial charge on any atom is -0.280 e. The molecule has 168 valence electrons. The quantitative estimate of drug-likeness (QED) is 0.595. The molecule has 0 saturated heterocycles. The second-order valence-corrected chi connectivity index (χ2v) is 11.4. The number of aryl methyl sites for hydroxylation is 3. The number of halogens is 1. The second-order valence-electron chi connectivity index (χ2n) is 7.85. The van der Waals surface area contributed by atoms with Gasteiger partial charge >= 0.3 is 0 Å². The summed E-state index contributed by atoms with van der Waals surface area (Å²) in [6.45, 7) is 3.79. The first kappa shape index (κ1) is 22.3. The minimum absolute atomic E-state index is 0.0203. The Kier molecular flexibility index (Phi) is 5.72. The lowest BCUT2D eigenvalue weighted by Gasteiger charge is -2.31. The van der Waals surface area contributed by atoms with Crippen LogP contribution >= 0.6 is 0 Å². The molecular weight excluding hydrogens is 451 g/mol. The maximum atomic E-state index is 13.3. The number of benzene rings is 3. The highest BCUT2D eigenvalue weighted by molar-refractivity contribution is 7.93. The zero-order chi connectivity index (χ0) is 23.1. The van der Waals surface area contributed by atoms with Crippen LogP contribution in [0, 0.1) is 19.7 Å². The number of hydrogen-bond donors (Lipinski definition) is 1. The van der Waals surface area contributed by atoms with Gasteiger partial charge in [0.2, 0.25) is 0 Å². The van der Waals surface area contributed by atoms with Crippen molar-refractivity contribution in [2.45, 2.75) is 36.5 Å². The standard InChI is InChI=1S/C23H23FN2O4S2/c1-16-5-6-17(2)23(14-16)31(27,28)25-20-10-7-18-4-3-13-26(22(18)15-20)32(29,30)21-11-8-19(24)9-12-21/h5-12,14-15,25H,3-4,13H2,1-2H3. The summed E-state index contributed by atoms with van der Waals surface area (Å²) in [5.74, 6) is -0.522. The highest BCUT2D eigenvalue weighted by atomic mass is 32.2. The van der Waals surface area contributed by atoms with E-state index in [0.29, 0.717) is 24.1 Å². The first-order valence-electron chi connectivity index (χ1n) is 10.1. The Morgan fingerprint density at radius 3 is 2.34 bits per heavy atom. The predicted molar refractivity (Wildman–Crippen MR) is 122 cm³/mol. The molecule has 0 aromatic heterocycles. The molecular formula is C23H23FN2O4S2. The Bertz CT molecular complexity index is 1390. The third-order valence-electron chi connectivity index (χ3n) is 5.45. The maximum absolute atomic E-state index is 13.3. The third kappa shape index (κ3) is 4.22. The average molecular weight is 475 g/mol. The fraction of sp³-hybridized carbons (Fsp3) is 0.217. The van der Waals surface area contributed by atoms with Crippen LogP contribution in [-0.4, -0.2) is 23.4 Å². The molecule has 4 rings (SSSR count). The molecule has 1 N–H and O–H groups in total. The molecule has 0 fully saturated rings. The molecule has 0 spiro atoms. The van der Waals surface area contributed by atoms with Crippen LogP contribution in [0.3, 0.4) is 0 Å². The Balaban J connectivity index is 1.72. The summed E-state index contributed by atoms with van der Waals surface area (Å²) in [5.41, 5.74) is 2.92. The molecule has 0 saturated carbocycles. The zero-order valence-corrected chi connectivity index (χ0v) is 19.3. The van der Waals surface area contributed by atoms with E-state index in [9.17, 15) is 21.2 Å². The lowest BCUT2D eigenvalue weighted by molar-refractivity contribution is 0.585. The van der Waals surface area contributed by atoms with Crippen molar-refractivity contribution in [3.05, 3.63) is 83.2 Å². The van der Waals surface area contributed by atoms with E-state index in [2.05, 4.69) is 4.72 Å². The van der Waals surface area contributed by atoms with E-state index < -0.39 is 25.9 Å². The highest BCUT2D eigenvalue weighted by Crippen LogP contribution is 2.35. The molecule has 0 bridgehead atoms.